The van der Waals surface area contributed by atoms with Crippen LogP contribution in [0.2, 0.25) is 0 Å². The number of benzene rings is 2. The Labute approximate surface area is 125 Å². The molecule has 1 aliphatic heterocycles. The van der Waals surface area contributed by atoms with Crippen LogP contribution in [0.25, 0.3) is 0 Å². The lowest BCUT2D eigenvalue weighted by molar-refractivity contribution is 0.406. The summed E-state index contributed by atoms with van der Waals surface area (Å²) in [5, 5.41) is 0. The standard InChI is InChI=1S/C19H19NO/c1-15-18(14-17-10-6-3-7-11-17)20-19(21-15)13-12-16-8-4-2-5-9-16/h2-11,18H,1,12-14H2/t18-/m0/s1. The van der Waals surface area contributed by atoms with E-state index in [4.69, 9.17) is 4.74 Å². The van der Waals surface area contributed by atoms with Crippen molar-refractivity contribution < 1.29 is 4.74 Å². The van der Waals surface area contributed by atoms with Crippen molar-refractivity contribution in [1.29, 1.82) is 0 Å². The second kappa shape index (κ2) is 6.40. The molecule has 0 fully saturated rings. The van der Waals surface area contributed by atoms with Gasteiger partial charge in [0.15, 0.2) is 5.90 Å². The number of hydrogen-bond acceptors (Lipinski definition) is 2. The van der Waals surface area contributed by atoms with Crippen LogP contribution in [0.15, 0.2) is 78.0 Å². The smallest absolute Gasteiger partial charge is 0.190 e. The van der Waals surface area contributed by atoms with Gasteiger partial charge in [-0.3, -0.25) is 0 Å². The van der Waals surface area contributed by atoms with Crippen LogP contribution < -0.4 is 0 Å². The van der Waals surface area contributed by atoms with Gasteiger partial charge in [0.2, 0.25) is 0 Å². The van der Waals surface area contributed by atoms with Gasteiger partial charge in [-0.1, -0.05) is 67.2 Å². The fourth-order valence-electron chi connectivity index (χ4n) is 2.50. The molecule has 0 aliphatic carbocycles. The van der Waals surface area contributed by atoms with Gasteiger partial charge in [0.1, 0.15) is 11.8 Å². The Hall–Kier alpha value is -2.35. The summed E-state index contributed by atoms with van der Waals surface area (Å²) >= 11 is 0. The Bertz CT molecular complexity index is 631. The normalized spacial score (nSPS) is 17.4. The number of aliphatic imine (C=N–C) groups is 1. The summed E-state index contributed by atoms with van der Waals surface area (Å²) in [6.07, 6.45) is 2.63. The van der Waals surface area contributed by atoms with Crippen LogP contribution in [-0.4, -0.2) is 11.9 Å². The van der Waals surface area contributed by atoms with Crippen molar-refractivity contribution >= 4 is 5.90 Å². The molecule has 0 radical (unpaired) electrons. The van der Waals surface area contributed by atoms with Crippen molar-refractivity contribution in [2.24, 2.45) is 4.99 Å². The minimum absolute atomic E-state index is 0.0539. The molecule has 0 saturated heterocycles. The third-order valence-electron chi connectivity index (χ3n) is 3.66. The predicted octanol–water partition coefficient (Wildman–Crippen LogP) is 4.17. The molecule has 0 amide bonds. The third-order valence-corrected chi connectivity index (χ3v) is 3.66. The largest absolute Gasteiger partial charge is 0.446 e. The highest BCUT2D eigenvalue weighted by molar-refractivity contribution is 5.80. The molecular formula is C19H19NO. The first-order valence-electron chi connectivity index (χ1n) is 7.32. The minimum atomic E-state index is 0.0539. The lowest BCUT2D eigenvalue weighted by atomic mass is 10.1. The zero-order valence-corrected chi connectivity index (χ0v) is 12.0. The van der Waals surface area contributed by atoms with E-state index in [2.05, 4.69) is 48.0 Å². The summed E-state index contributed by atoms with van der Waals surface area (Å²) in [5.41, 5.74) is 2.57. The van der Waals surface area contributed by atoms with Crippen molar-refractivity contribution in [2.45, 2.75) is 25.3 Å². The average molecular weight is 277 g/mol. The molecule has 21 heavy (non-hydrogen) atoms. The first-order chi connectivity index (χ1) is 10.3. The summed E-state index contributed by atoms with van der Waals surface area (Å²) in [7, 11) is 0. The molecule has 0 N–H and O–H groups in total. The Morgan fingerprint density at radius 3 is 2.14 bits per heavy atom. The summed E-state index contributed by atoms with van der Waals surface area (Å²) in [6, 6.07) is 20.8. The molecule has 0 saturated carbocycles. The number of hydrogen-bond donors (Lipinski definition) is 0. The maximum absolute atomic E-state index is 5.72. The molecule has 3 rings (SSSR count). The molecule has 0 spiro atoms. The molecule has 106 valence electrons. The van der Waals surface area contributed by atoms with Gasteiger partial charge in [0.25, 0.3) is 0 Å². The van der Waals surface area contributed by atoms with Crippen molar-refractivity contribution in [2.75, 3.05) is 0 Å². The molecule has 2 nitrogen and oxygen atoms in total. The van der Waals surface area contributed by atoms with E-state index in [-0.39, 0.29) is 6.04 Å². The van der Waals surface area contributed by atoms with Crippen molar-refractivity contribution in [3.63, 3.8) is 0 Å². The molecule has 2 aromatic rings. The first kappa shape index (κ1) is 13.6. The number of rotatable bonds is 5. The fraction of sp³-hybridized carbons (Fsp3) is 0.211. The molecule has 2 aromatic carbocycles. The van der Waals surface area contributed by atoms with E-state index in [1.54, 1.807) is 0 Å². The number of nitrogens with zero attached hydrogens (tertiary/aromatic N) is 1. The van der Waals surface area contributed by atoms with E-state index >= 15 is 0 Å². The molecule has 1 aliphatic rings. The van der Waals surface area contributed by atoms with Gasteiger partial charge >= 0.3 is 0 Å². The maximum atomic E-state index is 5.72. The van der Waals surface area contributed by atoms with Crippen LogP contribution in [0, 0.1) is 0 Å². The highest BCUT2D eigenvalue weighted by atomic mass is 16.5. The van der Waals surface area contributed by atoms with Crippen molar-refractivity contribution in [3.8, 4) is 0 Å². The predicted molar refractivity (Wildman–Crippen MR) is 86.4 cm³/mol. The molecule has 1 atom stereocenters. The SMILES string of the molecule is C=C1OC(CCc2ccccc2)=N[C@H]1Cc1ccccc1. The zero-order valence-electron chi connectivity index (χ0n) is 12.0. The van der Waals surface area contributed by atoms with Gasteiger partial charge < -0.3 is 4.74 Å². The van der Waals surface area contributed by atoms with Gasteiger partial charge in [0.05, 0.1) is 0 Å². The Balaban J connectivity index is 1.60. The van der Waals surface area contributed by atoms with Crippen molar-refractivity contribution in [3.05, 3.63) is 84.1 Å². The molecule has 2 heteroatoms. The molecular weight excluding hydrogens is 258 g/mol. The van der Waals surface area contributed by atoms with E-state index in [9.17, 15) is 0 Å². The second-order valence-electron chi connectivity index (χ2n) is 5.28. The molecule has 0 bridgehead atoms. The second-order valence-corrected chi connectivity index (χ2v) is 5.28. The van der Waals surface area contributed by atoms with Crippen LogP contribution in [0.4, 0.5) is 0 Å². The average Bonchev–Trinajstić information content (AvgIpc) is 2.87. The lowest BCUT2D eigenvalue weighted by Gasteiger charge is -2.06. The van der Waals surface area contributed by atoms with E-state index in [0.717, 1.165) is 30.9 Å². The molecule has 0 unspecified atom stereocenters. The number of ether oxygens (including phenoxy) is 1. The van der Waals surface area contributed by atoms with Crippen LogP contribution in [0.1, 0.15) is 17.5 Å². The molecule has 0 aromatic heterocycles. The van der Waals surface area contributed by atoms with Gasteiger partial charge in [-0.15, -0.1) is 0 Å². The van der Waals surface area contributed by atoms with Gasteiger partial charge in [-0.25, -0.2) is 4.99 Å². The highest BCUT2D eigenvalue weighted by Gasteiger charge is 2.23. The summed E-state index contributed by atoms with van der Waals surface area (Å²) < 4.78 is 5.72. The minimum Gasteiger partial charge on any atom is -0.446 e. The van der Waals surface area contributed by atoms with Crippen molar-refractivity contribution in [1.82, 2.24) is 0 Å². The van der Waals surface area contributed by atoms with Crippen LogP contribution in [0.3, 0.4) is 0 Å². The lowest BCUT2D eigenvalue weighted by Crippen LogP contribution is -2.07. The van der Waals surface area contributed by atoms with Gasteiger partial charge in [-0.2, -0.15) is 0 Å². The van der Waals surface area contributed by atoms with Gasteiger partial charge in [0, 0.05) is 12.8 Å². The zero-order chi connectivity index (χ0) is 14.5. The molecule has 1 heterocycles. The summed E-state index contributed by atoms with van der Waals surface area (Å²) in [4.78, 5) is 4.67. The Kier molecular flexibility index (Phi) is 4.15. The van der Waals surface area contributed by atoms with Gasteiger partial charge in [-0.05, 0) is 17.5 Å². The number of aryl methyl sites for hydroxylation is 1. The van der Waals surface area contributed by atoms with Crippen LogP contribution in [0.5, 0.6) is 0 Å². The summed E-state index contributed by atoms with van der Waals surface area (Å²) in [6.45, 7) is 4.00. The Morgan fingerprint density at radius 2 is 1.48 bits per heavy atom. The monoisotopic (exact) mass is 277 g/mol. The van der Waals surface area contributed by atoms with E-state index < -0.39 is 0 Å². The van der Waals surface area contributed by atoms with Crippen LogP contribution in [-0.2, 0) is 17.6 Å². The third kappa shape index (κ3) is 3.60. The van der Waals surface area contributed by atoms with E-state index in [1.807, 2.05) is 24.3 Å². The Morgan fingerprint density at radius 1 is 0.857 bits per heavy atom. The highest BCUT2D eigenvalue weighted by Crippen LogP contribution is 2.22. The fourth-order valence-corrected chi connectivity index (χ4v) is 2.50. The van der Waals surface area contributed by atoms with Crippen LogP contribution >= 0.6 is 0 Å². The van der Waals surface area contributed by atoms with E-state index in [1.165, 1.54) is 11.1 Å². The maximum Gasteiger partial charge on any atom is 0.190 e. The quantitative estimate of drug-likeness (QED) is 0.803. The topological polar surface area (TPSA) is 21.6 Å². The first-order valence-corrected chi connectivity index (χ1v) is 7.32. The summed E-state index contributed by atoms with van der Waals surface area (Å²) in [5.74, 6) is 1.58. The van der Waals surface area contributed by atoms with E-state index in [0.29, 0.717) is 0 Å².